The molecule has 5 nitrogen and oxygen atoms in total. The lowest BCUT2D eigenvalue weighted by atomic mass is 10.1. The molecule has 2 aromatic carbocycles. The third-order valence-electron chi connectivity index (χ3n) is 5.65. The summed E-state index contributed by atoms with van der Waals surface area (Å²) in [5, 5.41) is 4.38. The average Bonchev–Trinajstić information content (AvgIpc) is 3.44. The van der Waals surface area contributed by atoms with Gasteiger partial charge in [0.15, 0.2) is 0 Å². The summed E-state index contributed by atoms with van der Waals surface area (Å²) in [6.07, 6.45) is 4.83. The number of fused-ring (bicyclic) bond motifs is 1. The molecule has 5 rings (SSSR count). The van der Waals surface area contributed by atoms with Crippen molar-refractivity contribution in [1.82, 2.24) is 14.4 Å². The van der Waals surface area contributed by atoms with E-state index in [4.69, 9.17) is 10.7 Å². The van der Waals surface area contributed by atoms with Gasteiger partial charge in [0.05, 0.1) is 32.6 Å². The molecule has 0 fully saturated rings. The number of anilines is 2. The van der Waals surface area contributed by atoms with E-state index < -0.39 is 0 Å². The van der Waals surface area contributed by atoms with Gasteiger partial charge in [0.2, 0.25) is 0 Å². The van der Waals surface area contributed by atoms with Gasteiger partial charge in [-0.25, -0.2) is 9.97 Å². The first-order valence-corrected chi connectivity index (χ1v) is 12.6. The monoisotopic (exact) mass is 481 g/mol. The Kier molecular flexibility index (Phi) is 7.32. The fourth-order valence-corrected chi connectivity index (χ4v) is 4.95. The Bertz CT molecular complexity index is 1460. The van der Waals surface area contributed by atoms with Crippen LogP contribution in [0, 0.1) is 13.8 Å². The molecule has 0 atom stereocenters. The lowest BCUT2D eigenvalue weighted by Gasteiger charge is -2.12. The molecule has 0 amide bonds. The fraction of sp³-hybridized carbons (Fsp3) is 0.172. The van der Waals surface area contributed by atoms with Gasteiger partial charge < -0.3 is 11.1 Å². The Labute approximate surface area is 211 Å². The van der Waals surface area contributed by atoms with Crippen LogP contribution in [0.15, 0.2) is 79.6 Å². The predicted octanol–water partition coefficient (Wildman–Crippen LogP) is 7.36. The van der Waals surface area contributed by atoms with Gasteiger partial charge in [-0.05, 0) is 54.8 Å². The van der Waals surface area contributed by atoms with E-state index >= 15 is 0 Å². The molecule has 0 radical (unpaired) electrons. The Morgan fingerprint density at radius 1 is 1.06 bits per heavy atom. The summed E-state index contributed by atoms with van der Waals surface area (Å²) in [6.45, 7) is 12.3. The van der Waals surface area contributed by atoms with E-state index in [-0.39, 0.29) is 0 Å². The predicted molar refractivity (Wildman–Crippen MR) is 150 cm³/mol. The van der Waals surface area contributed by atoms with Crippen LogP contribution in [0.5, 0.6) is 0 Å². The quantitative estimate of drug-likeness (QED) is 0.249. The standard InChI is InChI=1S/C27H25N5S.C2H6/c1-17-12-13-32-25(14-17)31-19(3)27(32)24-16-29-26(33-24)15-20-8-10-21(11-9-20)18(2)30-23-7-5-4-6-22(23)28;1-2/h4-14,16,30H,2,15,28H2,1,3H3;1-2H3. The molecule has 0 bridgehead atoms. The Hall–Kier alpha value is -3.90. The molecule has 0 unspecified atom stereocenters. The first kappa shape index (κ1) is 24.2. The van der Waals surface area contributed by atoms with Gasteiger partial charge in [0.25, 0.3) is 0 Å². The molecule has 0 aliphatic carbocycles. The molecule has 0 saturated heterocycles. The van der Waals surface area contributed by atoms with Crippen LogP contribution in [0.1, 0.15) is 41.2 Å². The summed E-state index contributed by atoms with van der Waals surface area (Å²) in [6, 6.07) is 20.3. The van der Waals surface area contributed by atoms with Crippen LogP contribution < -0.4 is 11.1 Å². The Morgan fingerprint density at radius 2 is 1.80 bits per heavy atom. The number of aromatic nitrogens is 3. The van der Waals surface area contributed by atoms with E-state index in [2.05, 4.69) is 77.7 Å². The molecule has 6 heteroatoms. The first-order valence-electron chi connectivity index (χ1n) is 11.8. The van der Waals surface area contributed by atoms with Crippen molar-refractivity contribution < 1.29 is 0 Å². The summed E-state index contributed by atoms with van der Waals surface area (Å²) in [5.74, 6) is 0. The minimum Gasteiger partial charge on any atom is -0.397 e. The van der Waals surface area contributed by atoms with Crippen molar-refractivity contribution in [3.05, 3.63) is 107 Å². The summed E-state index contributed by atoms with van der Waals surface area (Å²) in [7, 11) is 0. The largest absolute Gasteiger partial charge is 0.397 e. The molecule has 35 heavy (non-hydrogen) atoms. The van der Waals surface area contributed by atoms with Gasteiger partial charge in [-0.1, -0.05) is 56.8 Å². The van der Waals surface area contributed by atoms with Crippen molar-refractivity contribution in [3.63, 3.8) is 0 Å². The number of pyridine rings is 1. The van der Waals surface area contributed by atoms with E-state index in [0.717, 1.165) is 50.3 Å². The number of nitrogens with two attached hydrogens (primary N) is 1. The van der Waals surface area contributed by atoms with Crippen LogP contribution in [0.4, 0.5) is 11.4 Å². The van der Waals surface area contributed by atoms with Crippen molar-refractivity contribution >= 4 is 34.1 Å². The molecule has 3 N–H and O–H groups in total. The molecule has 178 valence electrons. The van der Waals surface area contributed by atoms with Crippen LogP contribution in [-0.2, 0) is 6.42 Å². The third-order valence-corrected chi connectivity index (χ3v) is 6.65. The van der Waals surface area contributed by atoms with E-state index in [9.17, 15) is 0 Å². The van der Waals surface area contributed by atoms with E-state index in [1.165, 1.54) is 11.1 Å². The molecule has 3 heterocycles. The van der Waals surface area contributed by atoms with Gasteiger partial charge in [-0.15, -0.1) is 11.3 Å². The normalized spacial score (nSPS) is 10.6. The summed E-state index contributed by atoms with van der Waals surface area (Å²) in [5.41, 5.74) is 14.9. The highest BCUT2D eigenvalue weighted by Gasteiger charge is 2.14. The highest BCUT2D eigenvalue weighted by molar-refractivity contribution is 7.15. The second-order valence-electron chi connectivity index (χ2n) is 8.16. The molecule has 3 aromatic heterocycles. The van der Waals surface area contributed by atoms with Gasteiger partial charge in [0, 0.05) is 24.5 Å². The SMILES string of the molecule is C=C(Nc1ccccc1N)c1ccc(Cc2ncc(-c3c(C)nc4cc(C)ccn34)s2)cc1.CC. The summed E-state index contributed by atoms with van der Waals surface area (Å²) in [4.78, 5) is 10.5. The van der Waals surface area contributed by atoms with Crippen LogP contribution in [-0.4, -0.2) is 14.4 Å². The highest BCUT2D eigenvalue weighted by atomic mass is 32.1. The van der Waals surface area contributed by atoms with Crippen molar-refractivity contribution in [2.24, 2.45) is 0 Å². The summed E-state index contributed by atoms with van der Waals surface area (Å²) >= 11 is 1.72. The van der Waals surface area contributed by atoms with Crippen LogP contribution in [0.2, 0.25) is 0 Å². The molecule has 0 aliphatic heterocycles. The van der Waals surface area contributed by atoms with Gasteiger partial charge in [0.1, 0.15) is 5.65 Å². The van der Waals surface area contributed by atoms with E-state index in [1.807, 2.05) is 44.3 Å². The zero-order valence-corrected chi connectivity index (χ0v) is 21.5. The number of aryl methyl sites for hydroxylation is 2. The minimum absolute atomic E-state index is 0.700. The molecule has 0 saturated carbocycles. The lowest BCUT2D eigenvalue weighted by molar-refractivity contribution is 1.13. The first-order chi connectivity index (χ1) is 17.0. The second kappa shape index (κ2) is 10.6. The smallest absolute Gasteiger partial charge is 0.137 e. The number of para-hydroxylation sites is 2. The minimum atomic E-state index is 0.700. The summed E-state index contributed by atoms with van der Waals surface area (Å²) < 4.78 is 2.15. The van der Waals surface area contributed by atoms with Crippen LogP contribution in [0.25, 0.3) is 21.9 Å². The highest BCUT2D eigenvalue weighted by Crippen LogP contribution is 2.31. The van der Waals surface area contributed by atoms with Gasteiger partial charge in [-0.2, -0.15) is 0 Å². The number of hydrogen-bond donors (Lipinski definition) is 2. The Balaban J connectivity index is 0.00000141. The molecule has 0 spiro atoms. The van der Waals surface area contributed by atoms with E-state index in [0.29, 0.717) is 5.69 Å². The van der Waals surface area contributed by atoms with Crippen molar-refractivity contribution in [2.45, 2.75) is 34.1 Å². The molecular weight excluding hydrogens is 450 g/mol. The maximum atomic E-state index is 6.03. The molecular formula is C29H31N5S. The fourth-order valence-electron chi connectivity index (χ4n) is 3.91. The maximum Gasteiger partial charge on any atom is 0.137 e. The number of rotatable bonds is 6. The van der Waals surface area contributed by atoms with Crippen LogP contribution >= 0.6 is 11.3 Å². The lowest BCUT2D eigenvalue weighted by Crippen LogP contribution is -2.00. The Morgan fingerprint density at radius 3 is 2.54 bits per heavy atom. The topological polar surface area (TPSA) is 68.2 Å². The molecule has 0 aliphatic rings. The van der Waals surface area contributed by atoms with Crippen LogP contribution in [0.3, 0.4) is 0 Å². The zero-order chi connectivity index (χ0) is 24.9. The number of benzene rings is 2. The van der Waals surface area contributed by atoms with E-state index in [1.54, 1.807) is 11.3 Å². The number of imidazole rings is 1. The number of hydrogen-bond acceptors (Lipinski definition) is 5. The average molecular weight is 482 g/mol. The van der Waals surface area contributed by atoms with Crippen molar-refractivity contribution in [2.75, 3.05) is 11.1 Å². The van der Waals surface area contributed by atoms with Crippen molar-refractivity contribution in [1.29, 1.82) is 0 Å². The van der Waals surface area contributed by atoms with Gasteiger partial charge in [-0.3, -0.25) is 4.40 Å². The van der Waals surface area contributed by atoms with Gasteiger partial charge >= 0.3 is 0 Å². The third kappa shape index (κ3) is 5.28. The number of nitrogens with one attached hydrogen (secondary N) is 1. The zero-order valence-electron chi connectivity index (χ0n) is 20.7. The van der Waals surface area contributed by atoms with Crippen molar-refractivity contribution in [3.8, 4) is 10.6 Å². The number of nitrogens with zero attached hydrogens (tertiary/aromatic N) is 3. The molecule has 5 aromatic rings. The maximum absolute atomic E-state index is 6.03. The second-order valence-corrected chi connectivity index (χ2v) is 9.28. The number of thiazole rings is 1. The number of nitrogen functional groups attached to an aromatic ring is 1.